The van der Waals surface area contributed by atoms with Crippen LogP contribution in [0.15, 0.2) is 30.3 Å². The van der Waals surface area contributed by atoms with Crippen molar-refractivity contribution in [1.29, 1.82) is 0 Å². The molecular weight excluding hydrogens is 210 g/mol. The van der Waals surface area contributed by atoms with E-state index in [1.165, 1.54) is 12.0 Å². The quantitative estimate of drug-likeness (QED) is 0.874. The van der Waals surface area contributed by atoms with Gasteiger partial charge in [0.2, 0.25) is 0 Å². The molecule has 0 saturated heterocycles. The second kappa shape index (κ2) is 3.99. The summed E-state index contributed by atoms with van der Waals surface area (Å²) in [6, 6.07) is 10.7. The zero-order chi connectivity index (χ0) is 11.8. The minimum Gasteiger partial charge on any atom is -0.263 e. The average Bonchev–Trinajstić information content (AvgIpc) is 2.99. The molecule has 0 spiro atoms. The van der Waals surface area contributed by atoms with Crippen LogP contribution >= 0.6 is 0 Å². The van der Waals surface area contributed by atoms with Crippen LogP contribution in [0.2, 0.25) is 0 Å². The third-order valence-electron chi connectivity index (χ3n) is 3.41. The van der Waals surface area contributed by atoms with E-state index >= 15 is 0 Å². The number of hydrogen-bond acceptors (Lipinski definition) is 2. The van der Waals surface area contributed by atoms with E-state index in [1.54, 1.807) is 0 Å². The van der Waals surface area contributed by atoms with Crippen molar-refractivity contribution in [3.63, 3.8) is 0 Å². The van der Waals surface area contributed by atoms with Crippen molar-refractivity contribution in [2.24, 2.45) is 0 Å². The summed E-state index contributed by atoms with van der Waals surface area (Å²) >= 11 is 0. The Hall–Kier alpha value is -1.64. The van der Waals surface area contributed by atoms with Crippen molar-refractivity contribution in [2.75, 3.05) is 0 Å². The van der Waals surface area contributed by atoms with Crippen molar-refractivity contribution in [3.8, 4) is 0 Å². The summed E-state index contributed by atoms with van der Waals surface area (Å²) in [6.07, 6.45) is 1.19. The van der Waals surface area contributed by atoms with Gasteiger partial charge in [0.1, 0.15) is 5.82 Å². The molecule has 0 amide bonds. The monoisotopic (exact) mass is 227 g/mol. The molecule has 3 heteroatoms. The first kappa shape index (κ1) is 10.5. The Morgan fingerprint density at radius 3 is 2.59 bits per heavy atom. The Labute approximate surface area is 101 Å². The smallest absolute Gasteiger partial charge is 0.153 e. The van der Waals surface area contributed by atoms with Gasteiger partial charge in [0, 0.05) is 11.8 Å². The molecule has 2 aromatic rings. The van der Waals surface area contributed by atoms with Gasteiger partial charge in [0.25, 0.3) is 0 Å². The molecule has 1 aromatic heterocycles. The lowest BCUT2D eigenvalue weighted by molar-refractivity contribution is 0.780. The molecule has 2 unspecified atom stereocenters. The fraction of sp³-hybridized carbons (Fsp3) is 0.429. The van der Waals surface area contributed by atoms with Crippen LogP contribution in [0.4, 0.5) is 0 Å². The van der Waals surface area contributed by atoms with Gasteiger partial charge in [-0.1, -0.05) is 44.2 Å². The Balaban J connectivity index is 1.76. The standard InChI is InChI=1S/C14H17N3/c1-9(2)13-15-14(17-16-13)12-8-11(12)10-6-4-3-5-7-10/h3-7,9,11-12H,8H2,1-2H3,(H,15,16,17). The predicted molar refractivity (Wildman–Crippen MR) is 67.0 cm³/mol. The summed E-state index contributed by atoms with van der Waals surface area (Å²) in [6.45, 7) is 4.24. The molecule has 0 radical (unpaired) electrons. The van der Waals surface area contributed by atoms with Gasteiger partial charge in [-0.2, -0.15) is 5.10 Å². The van der Waals surface area contributed by atoms with E-state index in [0.717, 1.165) is 11.6 Å². The largest absolute Gasteiger partial charge is 0.263 e. The van der Waals surface area contributed by atoms with E-state index < -0.39 is 0 Å². The summed E-state index contributed by atoms with van der Waals surface area (Å²) in [5, 5.41) is 7.36. The van der Waals surface area contributed by atoms with Gasteiger partial charge >= 0.3 is 0 Å². The van der Waals surface area contributed by atoms with Crippen LogP contribution in [-0.2, 0) is 0 Å². The predicted octanol–water partition coefficient (Wildman–Crippen LogP) is 3.20. The molecule has 1 N–H and O–H groups in total. The zero-order valence-corrected chi connectivity index (χ0v) is 10.2. The van der Waals surface area contributed by atoms with E-state index in [1.807, 2.05) is 0 Å². The molecule has 2 atom stereocenters. The molecule has 0 aliphatic heterocycles. The van der Waals surface area contributed by atoms with Crippen molar-refractivity contribution in [3.05, 3.63) is 47.5 Å². The second-order valence-corrected chi connectivity index (χ2v) is 5.09. The van der Waals surface area contributed by atoms with Crippen molar-refractivity contribution in [2.45, 2.75) is 38.0 Å². The molecule has 1 saturated carbocycles. The zero-order valence-electron chi connectivity index (χ0n) is 10.2. The maximum absolute atomic E-state index is 4.58. The molecular formula is C14H17N3. The third kappa shape index (κ3) is 1.97. The molecule has 1 aliphatic carbocycles. The first-order chi connectivity index (χ1) is 8.25. The van der Waals surface area contributed by atoms with Gasteiger partial charge in [-0.05, 0) is 17.9 Å². The van der Waals surface area contributed by atoms with Crippen LogP contribution < -0.4 is 0 Å². The topological polar surface area (TPSA) is 41.6 Å². The van der Waals surface area contributed by atoms with Crippen molar-refractivity contribution >= 4 is 0 Å². The molecule has 1 aromatic carbocycles. The highest BCUT2D eigenvalue weighted by molar-refractivity contribution is 5.31. The highest BCUT2D eigenvalue weighted by Crippen LogP contribution is 2.53. The molecule has 1 fully saturated rings. The molecule has 17 heavy (non-hydrogen) atoms. The minimum atomic E-state index is 0.397. The fourth-order valence-electron chi connectivity index (χ4n) is 2.28. The van der Waals surface area contributed by atoms with Gasteiger partial charge in [-0.15, -0.1) is 0 Å². The van der Waals surface area contributed by atoms with E-state index in [2.05, 4.69) is 59.4 Å². The van der Waals surface area contributed by atoms with Crippen molar-refractivity contribution < 1.29 is 0 Å². The molecule has 1 aliphatic rings. The Kier molecular flexibility index (Phi) is 2.46. The van der Waals surface area contributed by atoms with Gasteiger partial charge in [0.15, 0.2) is 5.82 Å². The number of rotatable bonds is 3. The molecule has 88 valence electrons. The van der Waals surface area contributed by atoms with Crippen LogP contribution in [0, 0.1) is 0 Å². The summed E-state index contributed by atoms with van der Waals surface area (Å²) < 4.78 is 0. The number of aromatic nitrogens is 3. The van der Waals surface area contributed by atoms with Gasteiger partial charge < -0.3 is 0 Å². The molecule has 3 rings (SSSR count). The van der Waals surface area contributed by atoms with Crippen LogP contribution in [0.5, 0.6) is 0 Å². The Morgan fingerprint density at radius 1 is 1.18 bits per heavy atom. The molecule has 3 nitrogen and oxygen atoms in total. The molecule has 0 bridgehead atoms. The highest BCUT2D eigenvalue weighted by Gasteiger charge is 2.41. The third-order valence-corrected chi connectivity index (χ3v) is 3.41. The maximum Gasteiger partial charge on any atom is 0.153 e. The van der Waals surface area contributed by atoms with E-state index in [9.17, 15) is 0 Å². The Bertz CT molecular complexity index is 501. The van der Waals surface area contributed by atoms with E-state index in [0.29, 0.717) is 17.8 Å². The number of H-pyrrole nitrogens is 1. The SMILES string of the molecule is CC(C)c1n[nH]c(C2CC2c2ccccc2)n1. The van der Waals surface area contributed by atoms with E-state index in [4.69, 9.17) is 0 Å². The lowest BCUT2D eigenvalue weighted by Crippen LogP contribution is -1.90. The minimum absolute atomic E-state index is 0.397. The Morgan fingerprint density at radius 2 is 1.94 bits per heavy atom. The first-order valence-corrected chi connectivity index (χ1v) is 6.23. The number of aromatic amines is 1. The van der Waals surface area contributed by atoms with Crippen molar-refractivity contribution in [1.82, 2.24) is 15.2 Å². The summed E-state index contributed by atoms with van der Waals surface area (Å²) in [4.78, 5) is 4.58. The normalized spacial score (nSPS) is 23.0. The van der Waals surface area contributed by atoms with E-state index in [-0.39, 0.29) is 0 Å². The fourth-order valence-corrected chi connectivity index (χ4v) is 2.28. The lowest BCUT2D eigenvalue weighted by atomic mass is 10.1. The number of benzene rings is 1. The maximum atomic E-state index is 4.58. The van der Waals surface area contributed by atoms with Crippen LogP contribution in [0.1, 0.15) is 55.2 Å². The average molecular weight is 227 g/mol. The summed E-state index contributed by atoms with van der Waals surface area (Å²) in [5.74, 6) is 3.55. The number of nitrogens with one attached hydrogen (secondary N) is 1. The van der Waals surface area contributed by atoms with Crippen LogP contribution in [-0.4, -0.2) is 15.2 Å². The highest BCUT2D eigenvalue weighted by atomic mass is 15.2. The van der Waals surface area contributed by atoms with Gasteiger partial charge in [-0.3, -0.25) is 5.10 Å². The van der Waals surface area contributed by atoms with Gasteiger partial charge in [0.05, 0.1) is 0 Å². The number of hydrogen-bond donors (Lipinski definition) is 1. The lowest BCUT2D eigenvalue weighted by Gasteiger charge is -1.97. The van der Waals surface area contributed by atoms with Crippen LogP contribution in [0.3, 0.4) is 0 Å². The van der Waals surface area contributed by atoms with Crippen LogP contribution in [0.25, 0.3) is 0 Å². The summed E-state index contributed by atoms with van der Waals surface area (Å²) in [5.41, 5.74) is 1.42. The molecule has 1 heterocycles. The second-order valence-electron chi connectivity index (χ2n) is 5.09. The first-order valence-electron chi connectivity index (χ1n) is 6.23. The van der Waals surface area contributed by atoms with Gasteiger partial charge in [-0.25, -0.2) is 4.98 Å². The number of nitrogens with zero attached hydrogens (tertiary/aromatic N) is 2. The summed E-state index contributed by atoms with van der Waals surface area (Å²) in [7, 11) is 0.